The molecule has 1 fully saturated rings. The van der Waals surface area contributed by atoms with Gasteiger partial charge in [0, 0.05) is 4.43 Å². The Morgan fingerprint density at radius 2 is 1.64 bits per heavy atom. The third-order valence-electron chi connectivity index (χ3n) is 3.64. The lowest BCUT2D eigenvalue weighted by atomic mass is 10.0. The molecule has 116 valence electrons. The van der Waals surface area contributed by atoms with Crippen molar-refractivity contribution in [2.75, 3.05) is 4.43 Å². The molecule has 3 rings (SSSR count). The van der Waals surface area contributed by atoms with Crippen molar-refractivity contribution in [3.8, 4) is 0 Å². The molecule has 4 nitrogen and oxygen atoms in total. The van der Waals surface area contributed by atoms with E-state index in [0.29, 0.717) is 10.8 Å². The fourth-order valence-electron chi connectivity index (χ4n) is 2.52. The Morgan fingerprint density at radius 1 is 1.05 bits per heavy atom. The van der Waals surface area contributed by atoms with Gasteiger partial charge in [-0.2, -0.15) is 0 Å². The quantitative estimate of drug-likeness (QED) is 0.552. The number of sulfonamides is 1. The summed E-state index contributed by atoms with van der Waals surface area (Å²) in [4.78, 5) is 6.07. The normalized spacial score (nSPS) is 22.8. The van der Waals surface area contributed by atoms with Crippen LogP contribution in [-0.2, 0) is 14.9 Å². The van der Waals surface area contributed by atoms with Crippen LogP contribution in [0.15, 0.2) is 65.6 Å². The molecule has 0 spiro atoms. The van der Waals surface area contributed by atoms with Crippen LogP contribution in [0.25, 0.3) is 0 Å². The van der Waals surface area contributed by atoms with Crippen molar-refractivity contribution in [1.29, 1.82) is 0 Å². The Balaban J connectivity index is 1.90. The summed E-state index contributed by atoms with van der Waals surface area (Å²) in [5, 5.41) is 0. The van der Waals surface area contributed by atoms with Crippen LogP contribution in [-0.4, -0.2) is 23.4 Å². The second-order valence-electron chi connectivity index (χ2n) is 5.12. The Kier molecular flexibility index (Phi) is 4.82. The van der Waals surface area contributed by atoms with Crippen LogP contribution in [0.3, 0.4) is 0 Å². The van der Waals surface area contributed by atoms with Gasteiger partial charge in [0.1, 0.15) is 6.10 Å². The summed E-state index contributed by atoms with van der Waals surface area (Å²) in [7, 11) is -3.63. The molecule has 0 aliphatic carbocycles. The van der Waals surface area contributed by atoms with E-state index in [9.17, 15) is 8.42 Å². The van der Waals surface area contributed by atoms with Gasteiger partial charge in [0.2, 0.25) is 0 Å². The van der Waals surface area contributed by atoms with Gasteiger partial charge in [-0.1, -0.05) is 75.6 Å². The second kappa shape index (κ2) is 6.66. The van der Waals surface area contributed by atoms with Crippen LogP contribution >= 0.6 is 22.6 Å². The molecule has 0 amide bonds. The first-order chi connectivity index (χ1) is 10.6. The minimum atomic E-state index is -3.63. The highest BCUT2D eigenvalue weighted by Gasteiger charge is 2.41. The zero-order valence-corrected chi connectivity index (χ0v) is 14.8. The fourth-order valence-corrected chi connectivity index (χ4v) is 4.98. The lowest BCUT2D eigenvalue weighted by Crippen LogP contribution is -2.35. The van der Waals surface area contributed by atoms with Crippen LogP contribution in [0.2, 0.25) is 0 Å². The Hall–Kier alpha value is -0.960. The summed E-state index contributed by atoms with van der Waals surface area (Å²) in [6, 6.07) is 18.0. The van der Waals surface area contributed by atoms with Crippen LogP contribution < -0.4 is 0 Å². The predicted octanol–water partition coefficient (Wildman–Crippen LogP) is 3.56. The lowest BCUT2D eigenvalue weighted by molar-refractivity contribution is -0.0881. The molecule has 2 unspecified atom stereocenters. The summed E-state index contributed by atoms with van der Waals surface area (Å²) in [6.07, 6.45) is 0.443. The molecule has 1 saturated heterocycles. The topological polar surface area (TPSA) is 46.6 Å². The highest BCUT2D eigenvalue weighted by Crippen LogP contribution is 2.37. The SMILES string of the molecule is O=S(=O)(c1ccccc1)N1OC(c2ccccc2)CC1CI. The molecular formula is C16H16INO3S. The first-order valence-corrected chi connectivity index (χ1v) is 9.96. The zero-order chi connectivity index (χ0) is 15.6. The number of hydrogen-bond acceptors (Lipinski definition) is 3. The highest BCUT2D eigenvalue weighted by molar-refractivity contribution is 14.1. The minimum absolute atomic E-state index is 0.156. The lowest BCUT2D eigenvalue weighted by Gasteiger charge is -2.20. The zero-order valence-electron chi connectivity index (χ0n) is 11.8. The number of halogens is 1. The Bertz CT molecular complexity index is 722. The molecule has 22 heavy (non-hydrogen) atoms. The van der Waals surface area contributed by atoms with Crippen LogP contribution in [0.4, 0.5) is 0 Å². The summed E-state index contributed by atoms with van der Waals surface area (Å²) < 4.78 is 27.4. The van der Waals surface area contributed by atoms with Gasteiger partial charge in [-0.05, 0) is 24.1 Å². The number of alkyl halides is 1. The predicted molar refractivity (Wildman–Crippen MR) is 93.0 cm³/mol. The molecule has 1 aliphatic heterocycles. The van der Waals surface area contributed by atoms with Crippen LogP contribution in [0.1, 0.15) is 18.1 Å². The van der Waals surface area contributed by atoms with Gasteiger partial charge in [0.15, 0.2) is 0 Å². The van der Waals surface area contributed by atoms with Gasteiger partial charge in [0.05, 0.1) is 10.9 Å². The summed E-state index contributed by atoms with van der Waals surface area (Å²) in [5.41, 5.74) is 1.00. The maximum atomic E-state index is 12.8. The molecule has 0 aromatic heterocycles. The molecule has 0 bridgehead atoms. The van der Waals surface area contributed by atoms with Crippen molar-refractivity contribution in [2.45, 2.75) is 23.5 Å². The largest absolute Gasteiger partial charge is 0.276 e. The minimum Gasteiger partial charge on any atom is -0.276 e. The number of benzene rings is 2. The van der Waals surface area contributed by atoms with Gasteiger partial charge >= 0.3 is 0 Å². The van der Waals surface area contributed by atoms with Gasteiger partial charge < -0.3 is 0 Å². The van der Waals surface area contributed by atoms with E-state index in [1.165, 1.54) is 4.47 Å². The van der Waals surface area contributed by atoms with E-state index in [1.807, 2.05) is 30.3 Å². The standard InChI is InChI=1S/C16H16INO3S/c17-12-14-11-16(13-7-3-1-4-8-13)21-18(14)22(19,20)15-9-5-2-6-10-15/h1-10,14,16H,11-12H2. The Morgan fingerprint density at radius 3 is 2.23 bits per heavy atom. The monoisotopic (exact) mass is 429 g/mol. The second-order valence-corrected chi connectivity index (χ2v) is 7.78. The van der Waals surface area contributed by atoms with E-state index in [-0.39, 0.29) is 17.0 Å². The van der Waals surface area contributed by atoms with Crippen molar-refractivity contribution in [3.05, 3.63) is 66.2 Å². The van der Waals surface area contributed by atoms with E-state index in [0.717, 1.165) is 5.56 Å². The van der Waals surface area contributed by atoms with E-state index < -0.39 is 10.0 Å². The third-order valence-corrected chi connectivity index (χ3v) is 6.39. The Labute approximate surface area is 144 Å². The van der Waals surface area contributed by atoms with E-state index in [2.05, 4.69) is 22.6 Å². The van der Waals surface area contributed by atoms with Gasteiger partial charge in [-0.3, -0.25) is 4.84 Å². The highest BCUT2D eigenvalue weighted by atomic mass is 127. The summed E-state index contributed by atoms with van der Waals surface area (Å²) in [5.74, 6) is 0. The van der Waals surface area contributed by atoms with Gasteiger partial charge in [-0.15, -0.1) is 0 Å². The van der Waals surface area contributed by atoms with E-state index >= 15 is 0 Å². The molecule has 0 radical (unpaired) electrons. The van der Waals surface area contributed by atoms with E-state index in [4.69, 9.17) is 4.84 Å². The maximum absolute atomic E-state index is 12.8. The summed E-state index contributed by atoms with van der Waals surface area (Å²) >= 11 is 2.21. The number of nitrogens with zero attached hydrogens (tertiary/aromatic N) is 1. The molecule has 0 N–H and O–H groups in total. The molecule has 2 aromatic carbocycles. The molecule has 0 saturated carbocycles. The molecule has 2 atom stereocenters. The molecular weight excluding hydrogens is 413 g/mol. The van der Waals surface area contributed by atoms with E-state index in [1.54, 1.807) is 30.3 Å². The van der Waals surface area contributed by atoms with Crippen molar-refractivity contribution in [2.24, 2.45) is 0 Å². The van der Waals surface area contributed by atoms with Crippen LogP contribution in [0, 0.1) is 0 Å². The van der Waals surface area contributed by atoms with Crippen molar-refractivity contribution in [1.82, 2.24) is 4.47 Å². The molecule has 1 heterocycles. The molecule has 2 aromatic rings. The van der Waals surface area contributed by atoms with Crippen LogP contribution in [0.5, 0.6) is 0 Å². The average Bonchev–Trinajstić information content (AvgIpc) is 3.02. The van der Waals surface area contributed by atoms with Gasteiger partial charge in [-0.25, -0.2) is 8.42 Å². The number of hydrogen-bond donors (Lipinski definition) is 0. The maximum Gasteiger partial charge on any atom is 0.265 e. The smallest absolute Gasteiger partial charge is 0.265 e. The molecule has 6 heteroatoms. The average molecular weight is 429 g/mol. The van der Waals surface area contributed by atoms with Gasteiger partial charge in [0.25, 0.3) is 10.0 Å². The summed E-state index contributed by atoms with van der Waals surface area (Å²) in [6.45, 7) is 0. The van der Waals surface area contributed by atoms with Crippen molar-refractivity contribution in [3.63, 3.8) is 0 Å². The number of rotatable bonds is 4. The third kappa shape index (κ3) is 3.05. The van der Waals surface area contributed by atoms with Crippen molar-refractivity contribution < 1.29 is 13.3 Å². The molecule has 1 aliphatic rings. The number of hydroxylamine groups is 1. The fraction of sp³-hybridized carbons (Fsp3) is 0.250. The first-order valence-electron chi connectivity index (χ1n) is 7.00. The van der Waals surface area contributed by atoms with Crippen molar-refractivity contribution >= 4 is 32.6 Å². The first kappa shape index (κ1) is 15.9.